The lowest BCUT2D eigenvalue weighted by molar-refractivity contribution is -0.136. The number of thiazole rings is 1. The molecule has 1 amide bonds. The molecule has 8 heteroatoms. The minimum atomic E-state index is 0. The fourth-order valence-corrected chi connectivity index (χ4v) is 2.63. The lowest BCUT2D eigenvalue weighted by Crippen LogP contribution is -2.44. The van der Waals surface area contributed by atoms with Crippen molar-refractivity contribution >= 4 is 34.8 Å². The lowest BCUT2D eigenvalue weighted by atomic mass is 10.3. The summed E-state index contributed by atoms with van der Waals surface area (Å²) in [6.07, 6.45) is 1.76. The summed E-state index contributed by atoms with van der Waals surface area (Å²) in [6, 6.07) is 0. The molecule has 6 nitrogen and oxygen atoms in total. The summed E-state index contributed by atoms with van der Waals surface area (Å²) in [5.74, 6) is 0.151. The second-order valence-corrected chi connectivity index (χ2v) is 5.48. The molecule has 1 aliphatic rings. The van der Waals surface area contributed by atoms with Gasteiger partial charge < -0.3 is 15.4 Å². The van der Waals surface area contributed by atoms with Crippen LogP contribution in [0.4, 0.5) is 5.13 Å². The first-order valence-corrected chi connectivity index (χ1v) is 6.71. The molecular formula is C11H19ClN4O2S. The number of nitrogens with two attached hydrogens (primary N) is 1. The molecule has 1 saturated heterocycles. The molecule has 2 rings (SSSR count). The molecule has 0 unspecified atom stereocenters. The lowest BCUT2D eigenvalue weighted by Gasteiger charge is -2.28. The Hall–Kier alpha value is -0.890. The van der Waals surface area contributed by atoms with Crippen LogP contribution in [0.15, 0.2) is 6.20 Å². The Morgan fingerprint density at radius 1 is 1.58 bits per heavy atom. The van der Waals surface area contributed by atoms with Crippen molar-refractivity contribution in [3.8, 4) is 0 Å². The molecular weight excluding hydrogens is 288 g/mol. The molecule has 108 valence electrons. The number of carbonyl (C=O) groups is 1. The van der Waals surface area contributed by atoms with Crippen molar-refractivity contribution in [3.63, 3.8) is 0 Å². The molecule has 1 aliphatic heterocycles. The highest BCUT2D eigenvalue weighted by Gasteiger charge is 2.18. The summed E-state index contributed by atoms with van der Waals surface area (Å²) in [5, 5.41) is 0.568. The first kappa shape index (κ1) is 16.2. The maximum atomic E-state index is 12.0. The van der Waals surface area contributed by atoms with E-state index in [0.29, 0.717) is 44.5 Å². The molecule has 1 fully saturated rings. The van der Waals surface area contributed by atoms with Crippen LogP contribution in [0.3, 0.4) is 0 Å². The van der Waals surface area contributed by atoms with Crippen LogP contribution in [0.5, 0.6) is 0 Å². The summed E-state index contributed by atoms with van der Waals surface area (Å²) in [7, 11) is 1.92. The van der Waals surface area contributed by atoms with Crippen LogP contribution in [0.25, 0.3) is 0 Å². The third-order valence-corrected chi connectivity index (χ3v) is 3.58. The van der Waals surface area contributed by atoms with Crippen molar-refractivity contribution in [2.75, 3.05) is 45.6 Å². The summed E-state index contributed by atoms with van der Waals surface area (Å²) >= 11 is 1.46. The summed E-state index contributed by atoms with van der Waals surface area (Å²) in [6.45, 7) is 3.78. The van der Waals surface area contributed by atoms with E-state index < -0.39 is 0 Å². The fourth-order valence-electron chi connectivity index (χ4n) is 1.86. The molecule has 1 aromatic heterocycles. The molecule has 0 radical (unpaired) electrons. The molecule has 0 atom stereocenters. The smallest absolute Gasteiger partial charge is 0.236 e. The number of anilines is 1. The quantitative estimate of drug-likeness (QED) is 0.874. The molecule has 0 aromatic carbocycles. The number of carbonyl (C=O) groups excluding carboxylic acids is 1. The molecule has 0 saturated carbocycles. The van der Waals surface area contributed by atoms with Gasteiger partial charge in [0.15, 0.2) is 5.13 Å². The predicted molar refractivity (Wildman–Crippen MR) is 77.5 cm³/mol. The molecule has 0 spiro atoms. The second kappa shape index (κ2) is 7.64. The number of aromatic nitrogens is 1. The number of hydrogen-bond acceptors (Lipinski definition) is 6. The van der Waals surface area contributed by atoms with Crippen molar-refractivity contribution in [3.05, 3.63) is 11.1 Å². The van der Waals surface area contributed by atoms with E-state index in [9.17, 15) is 4.79 Å². The Labute approximate surface area is 122 Å². The summed E-state index contributed by atoms with van der Waals surface area (Å²) in [5.41, 5.74) is 5.57. The van der Waals surface area contributed by atoms with E-state index in [-0.39, 0.29) is 18.3 Å². The van der Waals surface area contributed by atoms with E-state index >= 15 is 0 Å². The number of nitrogens with zero attached hydrogens (tertiary/aromatic N) is 3. The maximum absolute atomic E-state index is 12.0. The summed E-state index contributed by atoms with van der Waals surface area (Å²) in [4.78, 5) is 20.9. The number of nitrogen functional groups attached to an aromatic ring is 1. The van der Waals surface area contributed by atoms with E-state index in [2.05, 4.69) is 4.98 Å². The predicted octanol–water partition coefficient (Wildman–Crippen LogP) is 0.438. The van der Waals surface area contributed by atoms with Gasteiger partial charge >= 0.3 is 0 Å². The zero-order valence-corrected chi connectivity index (χ0v) is 12.5. The third-order valence-electron chi connectivity index (χ3n) is 2.77. The van der Waals surface area contributed by atoms with E-state index in [1.807, 2.05) is 16.8 Å². The van der Waals surface area contributed by atoms with Gasteiger partial charge in [-0.3, -0.25) is 9.69 Å². The van der Waals surface area contributed by atoms with Gasteiger partial charge in [0.1, 0.15) is 0 Å². The standard InChI is InChI=1S/C11H18N4O2S.ClH/c1-14(7-9-6-13-11(12)18-9)8-10(16)15-2-4-17-5-3-15;/h6H,2-5,7-8H2,1H3,(H2,12,13);1H. The van der Waals surface area contributed by atoms with Gasteiger partial charge in [0.25, 0.3) is 0 Å². The molecule has 1 aromatic rings. The van der Waals surface area contributed by atoms with Crippen molar-refractivity contribution in [2.45, 2.75) is 6.54 Å². The largest absolute Gasteiger partial charge is 0.378 e. The average molecular weight is 307 g/mol. The number of hydrogen-bond donors (Lipinski definition) is 1. The van der Waals surface area contributed by atoms with Crippen LogP contribution >= 0.6 is 23.7 Å². The highest BCUT2D eigenvalue weighted by molar-refractivity contribution is 7.15. The van der Waals surface area contributed by atoms with Crippen LogP contribution in [0, 0.1) is 0 Å². The van der Waals surface area contributed by atoms with Gasteiger partial charge in [-0.05, 0) is 7.05 Å². The number of morpholine rings is 1. The number of amides is 1. The van der Waals surface area contributed by atoms with Gasteiger partial charge in [-0.2, -0.15) is 0 Å². The van der Waals surface area contributed by atoms with E-state index in [1.54, 1.807) is 6.20 Å². The normalized spacial score (nSPS) is 15.4. The first-order valence-electron chi connectivity index (χ1n) is 5.89. The molecule has 19 heavy (non-hydrogen) atoms. The van der Waals surface area contributed by atoms with Gasteiger partial charge in [-0.15, -0.1) is 23.7 Å². The summed E-state index contributed by atoms with van der Waals surface area (Å²) < 4.78 is 5.23. The van der Waals surface area contributed by atoms with Crippen molar-refractivity contribution < 1.29 is 9.53 Å². The van der Waals surface area contributed by atoms with Crippen LogP contribution in [0.2, 0.25) is 0 Å². The van der Waals surface area contributed by atoms with Gasteiger partial charge in [0, 0.05) is 30.7 Å². The molecule has 0 aliphatic carbocycles. The van der Waals surface area contributed by atoms with Crippen molar-refractivity contribution in [2.24, 2.45) is 0 Å². The van der Waals surface area contributed by atoms with Gasteiger partial charge in [0.2, 0.25) is 5.91 Å². The number of halogens is 1. The number of ether oxygens (including phenoxy) is 1. The molecule has 2 N–H and O–H groups in total. The SMILES string of the molecule is CN(CC(=O)N1CCOCC1)Cc1cnc(N)s1.Cl. The zero-order chi connectivity index (χ0) is 13.0. The average Bonchev–Trinajstić information content (AvgIpc) is 2.75. The Balaban J connectivity index is 0.00000180. The van der Waals surface area contributed by atoms with E-state index in [0.717, 1.165) is 4.88 Å². The fraction of sp³-hybridized carbons (Fsp3) is 0.636. The maximum Gasteiger partial charge on any atom is 0.236 e. The Bertz CT molecular complexity index is 409. The van der Waals surface area contributed by atoms with Gasteiger partial charge in [0.05, 0.1) is 19.8 Å². The van der Waals surface area contributed by atoms with Crippen molar-refractivity contribution in [1.82, 2.24) is 14.8 Å². The monoisotopic (exact) mass is 306 g/mol. The third kappa shape index (κ3) is 4.94. The second-order valence-electron chi connectivity index (χ2n) is 4.33. The van der Waals surface area contributed by atoms with Crippen LogP contribution in [-0.4, -0.2) is 60.6 Å². The first-order chi connectivity index (χ1) is 8.65. The minimum absolute atomic E-state index is 0. The Kier molecular flexibility index (Phi) is 6.50. The highest BCUT2D eigenvalue weighted by Crippen LogP contribution is 2.15. The Morgan fingerprint density at radius 3 is 2.84 bits per heavy atom. The topological polar surface area (TPSA) is 71.7 Å². The minimum Gasteiger partial charge on any atom is -0.378 e. The molecule has 2 heterocycles. The Morgan fingerprint density at radius 2 is 2.26 bits per heavy atom. The molecule has 0 bridgehead atoms. The number of rotatable bonds is 4. The van der Waals surface area contributed by atoms with Crippen LogP contribution < -0.4 is 5.73 Å². The number of likely N-dealkylation sites (N-methyl/N-ethyl adjacent to an activating group) is 1. The van der Waals surface area contributed by atoms with E-state index in [1.165, 1.54) is 11.3 Å². The van der Waals surface area contributed by atoms with Gasteiger partial charge in [-0.25, -0.2) is 4.98 Å². The van der Waals surface area contributed by atoms with Crippen LogP contribution in [-0.2, 0) is 16.1 Å². The van der Waals surface area contributed by atoms with Gasteiger partial charge in [-0.1, -0.05) is 0 Å². The highest BCUT2D eigenvalue weighted by atomic mass is 35.5. The zero-order valence-electron chi connectivity index (χ0n) is 10.9. The van der Waals surface area contributed by atoms with E-state index in [4.69, 9.17) is 10.5 Å². The van der Waals surface area contributed by atoms with Crippen molar-refractivity contribution in [1.29, 1.82) is 0 Å². The van der Waals surface area contributed by atoms with Crippen LogP contribution in [0.1, 0.15) is 4.88 Å².